The maximum Gasteiger partial charge on any atom is 0.319 e. The first-order valence-electron chi connectivity index (χ1n) is 14.0. The summed E-state index contributed by atoms with van der Waals surface area (Å²) in [5.74, 6) is -0.953. The van der Waals surface area contributed by atoms with Gasteiger partial charge in [-0.05, 0) is 36.5 Å². The van der Waals surface area contributed by atoms with Gasteiger partial charge in [0.1, 0.15) is 5.75 Å². The lowest BCUT2D eigenvalue weighted by molar-refractivity contribution is -0.143. The molecular formula is C28H43N5O5. The van der Waals surface area contributed by atoms with E-state index in [9.17, 15) is 19.5 Å². The molecule has 3 heterocycles. The fraction of sp³-hybridized carbons (Fsp3) is 0.679. The van der Waals surface area contributed by atoms with Crippen LogP contribution < -0.4 is 10.5 Å². The van der Waals surface area contributed by atoms with Gasteiger partial charge >= 0.3 is 12.0 Å². The van der Waals surface area contributed by atoms with E-state index < -0.39 is 11.9 Å². The maximum absolute atomic E-state index is 13.4. The Kier molecular flexibility index (Phi) is 9.49. The summed E-state index contributed by atoms with van der Waals surface area (Å²) in [4.78, 5) is 46.2. The lowest BCUT2D eigenvalue weighted by atomic mass is 9.83. The predicted molar refractivity (Wildman–Crippen MR) is 144 cm³/mol. The highest BCUT2D eigenvalue weighted by atomic mass is 16.5. The SMILES string of the molecule is CCCCN(CCN)C(=O)CN1C[C@H](c2ccc3c(c2)CCO3)C(C(=O)O)[C@@H]1CCN1CCCN(C)C1=O. The van der Waals surface area contributed by atoms with Crippen molar-refractivity contribution in [2.75, 3.05) is 66.0 Å². The summed E-state index contributed by atoms with van der Waals surface area (Å²) in [5.41, 5.74) is 7.87. The Balaban J connectivity index is 1.58. The minimum Gasteiger partial charge on any atom is -0.493 e. The number of hydrogen-bond acceptors (Lipinski definition) is 6. The average Bonchev–Trinajstić information content (AvgIpc) is 3.51. The number of aliphatic carboxylic acids is 1. The van der Waals surface area contributed by atoms with E-state index in [-0.39, 0.29) is 30.4 Å². The van der Waals surface area contributed by atoms with Crippen LogP contribution in [0.1, 0.15) is 49.7 Å². The van der Waals surface area contributed by atoms with Gasteiger partial charge < -0.3 is 30.3 Å². The number of ether oxygens (including phenoxy) is 1. The molecule has 0 saturated carbocycles. The highest BCUT2D eigenvalue weighted by Crippen LogP contribution is 2.41. The molecule has 210 valence electrons. The lowest BCUT2D eigenvalue weighted by Crippen LogP contribution is -2.50. The van der Waals surface area contributed by atoms with Crippen molar-refractivity contribution < 1.29 is 24.2 Å². The second-order valence-electron chi connectivity index (χ2n) is 10.8. The van der Waals surface area contributed by atoms with Crippen molar-refractivity contribution in [3.63, 3.8) is 0 Å². The van der Waals surface area contributed by atoms with E-state index in [1.54, 1.807) is 16.8 Å². The number of carboxylic acids is 1. The number of carbonyl (C=O) groups excluding carboxylic acids is 2. The van der Waals surface area contributed by atoms with Gasteiger partial charge in [-0.15, -0.1) is 0 Å². The van der Waals surface area contributed by atoms with Gasteiger partial charge in [-0.25, -0.2) is 4.79 Å². The van der Waals surface area contributed by atoms with E-state index >= 15 is 0 Å². The topological polar surface area (TPSA) is 120 Å². The molecule has 1 aromatic rings. The normalized spacial score (nSPS) is 23.4. The monoisotopic (exact) mass is 529 g/mol. The van der Waals surface area contributed by atoms with Crippen molar-refractivity contribution in [2.45, 2.75) is 51.0 Å². The number of likely N-dealkylation sites (tertiary alicyclic amines) is 1. The number of unbranched alkanes of at least 4 members (excludes halogenated alkanes) is 1. The standard InChI is InChI=1S/C28H43N5O5/c1-3-4-12-31(15-10-29)25(34)19-33-18-22(20-6-7-24-21(17-20)9-16-38-24)26(27(35)36)23(33)8-14-32-13-5-11-30(2)28(32)37/h6-7,17,22-23,26H,3-5,8-16,18-19,29H2,1-2H3,(H,35,36)/t22-,23+,26?/m1/s1. The Morgan fingerprint density at radius 1 is 1.24 bits per heavy atom. The predicted octanol–water partition coefficient (Wildman–Crippen LogP) is 1.83. The van der Waals surface area contributed by atoms with E-state index in [0.717, 1.165) is 49.1 Å². The molecule has 38 heavy (non-hydrogen) atoms. The van der Waals surface area contributed by atoms with Gasteiger partial charge in [0.05, 0.1) is 19.1 Å². The van der Waals surface area contributed by atoms with Crippen LogP contribution in [0.3, 0.4) is 0 Å². The lowest BCUT2D eigenvalue weighted by Gasteiger charge is -2.35. The molecule has 3 amide bonds. The molecule has 0 radical (unpaired) electrons. The minimum atomic E-state index is -0.862. The van der Waals surface area contributed by atoms with Gasteiger partial charge in [0.15, 0.2) is 0 Å². The van der Waals surface area contributed by atoms with E-state index in [2.05, 4.69) is 13.0 Å². The summed E-state index contributed by atoms with van der Waals surface area (Å²) in [6.07, 6.45) is 4.08. The highest BCUT2D eigenvalue weighted by Gasteiger charge is 2.47. The summed E-state index contributed by atoms with van der Waals surface area (Å²) in [5, 5.41) is 10.4. The number of hydrogen-bond donors (Lipinski definition) is 2. The van der Waals surface area contributed by atoms with Gasteiger partial charge in [-0.1, -0.05) is 25.5 Å². The molecule has 3 aliphatic heterocycles. The number of fused-ring (bicyclic) bond motifs is 1. The Labute approximate surface area is 225 Å². The first-order valence-corrected chi connectivity index (χ1v) is 14.0. The zero-order chi connectivity index (χ0) is 27.2. The summed E-state index contributed by atoms with van der Waals surface area (Å²) < 4.78 is 5.66. The molecule has 0 aliphatic carbocycles. The molecule has 3 N–H and O–H groups in total. The Morgan fingerprint density at radius 2 is 2.05 bits per heavy atom. The Hall–Kier alpha value is -2.85. The summed E-state index contributed by atoms with van der Waals surface area (Å²) in [7, 11) is 1.80. The third kappa shape index (κ3) is 6.23. The number of amides is 3. The molecule has 4 rings (SSSR count). The van der Waals surface area contributed by atoms with Crippen molar-refractivity contribution in [1.82, 2.24) is 19.6 Å². The molecule has 0 bridgehead atoms. The molecule has 0 spiro atoms. The quantitative estimate of drug-likeness (QED) is 0.424. The number of carbonyl (C=O) groups is 3. The van der Waals surface area contributed by atoms with Gasteiger partial charge in [0.25, 0.3) is 0 Å². The fourth-order valence-corrected chi connectivity index (χ4v) is 6.19. The molecule has 2 saturated heterocycles. The number of rotatable bonds is 12. The van der Waals surface area contributed by atoms with Crippen LogP contribution in [0.2, 0.25) is 0 Å². The van der Waals surface area contributed by atoms with E-state index in [4.69, 9.17) is 10.5 Å². The molecule has 1 aromatic carbocycles. The molecule has 0 aromatic heterocycles. The van der Waals surface area contributed by atoms with Crippen LogP contribution >= 0.6 is 0 Å². The average molecular weight is 530 g/mol. The second-order valence-corrected chi connectivity index (χ2v) is 10.8. The van der Waals surface area contributed by atoms with Crippen LogP contribution in [0.5, 0.6) is 5.75 Å². The number of nitrogens with two attached hydrogens (primary N) is 1. The molecule has 1 unspecified atom stereocenters. The summed E-state index contributed by atoms with van der Waals surface area (Å²) >= 11 is 0. The second kappa shape index (κ2) is 12.8. The first-order chi connectivity index (χ1) is 18.3. The van der Waals surface area contributed by atoms with Crippen molar-refractivity contribution in [1.29, 1.82) is 0 Å². The van der Waals surface area contributed by atoms with E-state index in [0.29, 0.717) is 52.3 Å². The molecule has 10 heteroatoms. The maximum atomic E-state index is 13.4. The number of nitrogens with zero attached hydrogens (tertiary/aromatic N) is 4. The van der Waals surface area contributed by atoms with Crippen LogP contribution in [0.4, 0.5) is 4.79 Å². The van der Waals surface area contributed by atoms with E-state index in [1.165, 1.54) is 0 Å². The van der Waals surface area contributed by atoms with Crippen LogP contribution in [0, 0.1) is 5.92 Å². The summed E-state index contributed by atoms with van der Waals surface area (Å²) in [6.45, 7) is 6.75. The molecule has 2 fully saturated rings. The van der Waals surface area contributed by atoms with Crippen LogP contribution in [0.15, 0.2) is 18.2 Å². The molecule has 3 aliphatic rings. The van der Waals surface area contributed by atoms with Crippen LogP contribution in [-0.4, -0.2) is 115 Å². The zero-order valence-corrected chi connectivity index (χ0v) is 22.8. The molecule has 10 nitrogen and oxygen atoms in total. The third-order valence-corrected chi connectivity index (χ3v) is 8.26. The minimum absolute atomic E-state index is 0.0187. The molecular weight excluding hydrogens is 486 g/mol. The van der Waals surface area contributed by atoms with Gasteiger partial charge in [-0.2, -0.15) is 0 Å². The molecule has 3 atom stereocenters. The first kappa shape index (κ1) is 28.2. The van der Waals surface area contributed by atoms with Crippen molar-refractivity contribution in [3.05, 3.63) is 29.3 Å². The number of carboxylic acid groups (broad SMARTS) is 1. The largest absolute Gasteiger partial charge is 0.493 e. The van der Waals surface area contributed by atoms with Crippen molar-refractivity contribution in [3.8, 4) is 5.75 Å². The van der Waals surface area contributed by atoms with Crippen molar-refractivity contribution >= 4 is 17.9 Å². The number of urea groups is 1. The van der Waals surface area contributed by atoms with Crippen molar-refractivity contribution in [2.24, 2.45) is 11.7 Å². The Morgan fingerprint density at radius 3 is 2.79 bits per heavy atom. The zero-order valence-electron chi connectivity index (χ0n) is 22.8. The third-order valence-electron chi connectivity index (χ3n) is 8.26. The smallest absolute Gasteiger partial charge is 0.319 e. The summed E-state index contributed by atoms with van der Waals surface area (Å²) in [6, 6.07) is 5.61. The van der Waals surface area contributed by atoms with E-state index in [1.807, 2.05) is 21.9 Å². The van der Waals surface area contributed by atoms with Gasteiger partial charge in [0.2, 0.25) is 5.91 Å². The highest BCUT2D eigenvalue weighted by molar-refractivity contribution is 5.79. The van der Waals surface area contributed by atoms with Gasteiger partial charge in [-0.3, -0.25) is 14.5 Å². The Bertz CT molecular complexity index is 1000. The fourth-order valence-electron chi connectivity index (χ4n) is 6.19. The van der Waals surface area contributed by atoms with Gasteiger partial charge in [0, 0.05) is 71.2 Å². The van der Waals surface area contributed by atoms with Crippen LogP contribution in [-0.2, 0) is 16.0 Å². The van der Waals surface area contributed by atoms with Crippen LogP contribution in [0.25, 0.3) is 0 Å². The number of benzene rings is 1.